The molecule has 19 heavy (non-hydrogen) atoms. The zero-order chi connectivity index (χ0) is 13.2. The monoisotopic (exact) mass is 261 g/mol. The third kappa shape index (κ3) is 2.53. The van der Waals surface area contributed by atoms with Crippen LogP contribution in [0.3, 0.4) is 0 Å². The summed E-state index contributed by atoms with van der Waals surface area (Å²) in [6.07, 6.45) is 4.35. The van der Waals surface area contributed by atoms with E-state index in [-0.39, 0.29) is 11.8 Å². The number of anilines is 1. The summed E-state index contributed by atoms with van der Waals surface area (Å²) >= 11 is 0. The number of rotatable bonds is 2. The van der Waals surface area contributed by atoms with Crippen LogP contribution in [-0.4, -0.2) is 19.1 Å². The fourth-order valence-corrected chi connectivity index (χ4v) is 2.75. The van der Waals surface area contributed by atoms with Crippen molar-refractivity contribution in [2.75, 3.05) is 18.5 Å². The number of hydrogen-bond acceptors (Lipinski definition) is 3. The maximum Gasteiger partial charge on any atom is 0.227 e. The van der Waals surface area contributed by atoms with E-state index in [1.165, 1.54) is 0 Å². The number of nitrogens with one attached hydrogen (secondary N) is 1. The average molecular weight is 261 g/mol. The van der Waals surface area contributed by atoms with Crippen molar-refractivity contribution in [3.63, 3.8) is 0 Å². The number of carbonyl (C=O) groups excluding carboxylic acids is 1. The van der Waals surface area contributed by atoms with Crippen LogP contribution in [0.2, 0.25) is 0 Å². The van der Waals surface area contributed by atoms with Crippen LogP contribution in [0.15, 0.2) is 12.1 Å². The van der Waals surface area contributed by atoms with E-state index in [2.05, 4.69) is 5.32 Å². The molecule has 1 aromatic carbocycles. The molecular formula is C15H19NO3. The van der Waals surface area contributed by atoms with Gasteiger partial charge >= 0.3 is 0 Å². The minimum absolute atomic E-state index is 0.136. The number of benzene rings is 1. The van der Waals surface area contributed by atoms with E-state index < -0.39 is 0 Å². The molecule has 4 heteroatoms. The number of carbonyl (C=O) groups is 1. The lowest BCUT2D eigenvalue weighted by Crippen LogP contribution is -2.21. The molecule has 0 bridgehead atoms. The predicted molar refractivity (Wildman–Crippen MR) is 72.8 cm³/mol. The Morgan fingerprint density at radius 3 is 2.47 bits per heavy atom. The summed E-state index contributed by atoms with van der Waals surface area (Å²) in [6, 6.07) is 3.80. The summed E-state index contributed by atoms with van der Waals surface area (Å²) < 4.78 is 11.1. The van der Waals surface area contributed by atoms with Gasteiger partial charge in [-0.3, -0.25) is 4.79 Å². The average Bonchev–Trinajstić information content (AvgIpc) is 2.93. The molecule has 3 rings (SSSR count). The lowest BCUT2D eigenvalue weighted by atomic mass is 10.1. The van der Waals surface area contributed by atoms with E-state index >= 15 is 0 Å². The normalized spacial score (nSPS) is 18.4. The Morgan fingerprint density at radius 1 is 1.16 bits per heavy atom. The Kier molecular flexibility index (Phi) is 3.32. The first-order valence-electron chi connectivity index (χ1n) is 6.95. The quantitative estimate of drug-likeness (QED) is 0.890. The molecule has 2 aliphatic rings. The van der Waals surface area contributed by atoms with Crippen LogP contribution < -0.4 is 14.8 Å². The highest BCUT2D eigenvalue weighted by Crippen LogP contribution is 2.36. The van der Waals surface area contributed by atoms with E-state index in [4.69, 9.17) is 9.47 Å². The third-order valence-corrected chi connectivity index (χ3v) is 3.87. The van der Waals surface area contributed by atoms with Crippen molar-refractivity contribution in [1.29, 1.82) is 0 Å². The highest BCUT2D eigenvalue weighted by molar-refractivity contribution is 5.93. The van der Waals surface area contributed by atoms with Crippen LogP contribution in [0.4, 0.5) is 5.69 Å². The molecular weight excluding hydrogens is 242 g/mol. The zero-order valence-electron chi connectivity index (χ0n) is 11.2. The minimum Gasteiger partial charge on any atom is -0.486 e. The molecule has 0 saturated heterocycles. The summed E-state index contributed by atoms with van der Waals surface area (Å²) in [4.78, 5) is 12.2. The zero-order valence-corrected chi connectivity index (χ0v) is 11.2. The summed E-state index contributed by atoms with van der Waals surface area (Å²) in [6.45, 7) is 3.12. The fourth-order valence-electron chi connectivity index (χ4n) is 2.75. The van der Waals surface area contributed by atoms with Gasteiger partial charge in [0.25, 0.3) is 0 Å². The van der Waals surface area contributed by atoms with Crippen molar-refractivity contribution in [3.05, 3.63) is 17.7 Å². The van der Waals surface area contributed by atoms with Crippen LogP contribution in [-0.2, 0) is 4.79 Å². The molecule has 1 amide bonds. The maximum absolute atomic E-state index is 12.2. The van der Waals surface area contributed by atoms with Gasteiger partial charge in [0.2, 0.25) is 5.91 Å². The van der Waals surface area contributed by atoms with Gasteiger partial charge in [-0.05, 0) is 31.4 Å². The molecule has 1 heterocycles. The lowest BCUT2D eigenvalue weighted by molar-refractivity contribution is -0.119. The van der Waals surface area contributed by atoms with Gasteiger partial charge in [0, 0.05) is 17.7 Å². The van der Waals surface area contributed by atoms with Crippen LogP contribution in [0.5, 0.6) is 11.5 Å². The minimum atomic E-state index is 0.136. The molecule has 102 valence electrons. The van der Waals surface area contributed by atoms with Gasteiger partial charge in [-0.15, -0.1) is 0 Å². The van der Waals surface area contributed by atoms with Crippen LogP contribution >= 0.6 is 0 Å². The Balaban J connectivity index is 1.78. The second-order valence-electron chi connectivity index (χ2n) is 5.28. The SMILES string of the molecule is Cc1cc2c(cc1NC(=O)C1CCCC1)OCCO2. The topological polar surface area (TPSA) is 47.6 Å². The van der Waals surface area contributed by atoms with Crippen LogP contribution in [0, 0.1) is 12.8 Å². The van der Waals surface area contributed by atoms with Gasteiger partial charge in [0.15, 0.2) is 11.5 Å². The molecule has 0 radical (unpaired) electrons. The molecule has 1 saturated carbocycles. The first kappa shape index (κ1) is 12.3. The standard InChI is InChI=1S/C15H19NO3/c1-10-8-13-14(19-7-6-18-13)9-12(10)16-15(17)11-4-2-3-5-11/h8-9,11H,2-7H2,1H3,(H,16,17). The molecule has 1 aliphatic carbocycles. The van der Waals surface area contributed by atoms with E-state index in [1.54, 1.807) is 0 Å². The molecule has 1 fully saturated rings. The smallest absolute Gasteiger partial charge is 0.227 e. The van der Waals surface area contributed by atoms with Gasteiger partial charge in [-0.1, -0.05) is 12.8 Å². The number of hydrogen-bond donors (Lipinski definition) is 1. The van der Waals surface area contributed by atoms with E-state index in [0.29, 0.717) is 13.2 Å². The van der Waals surface area contributed by atoms with Gasteiger partial charge in [-0.2, -0.15) is 0 Å². The summed E-state index contributed by atoms with van der Waals surface area (Å²) in [5, 5.41) is 3.03. The molecule has 4 nitrogen and oxygen atoms in total. The Bertz CT molecular complexity index is 492. The third-order valence-electron chi connectivity index (χ3n) is 3.87. The molecule has 0 aromatic heterocycles. The van der Waals surface area contributed by atoms with Crippen molar-refractivity contribution in [2.45, 2.75) is 32.6 Å². The number of aryl methyl sites for hydroxylation is 1. The lowest BCUT2D eigenvalue weighted by Gasteiger charge is -2.21. The van der Waals surface area contributed by atoms with Crippen molar-refractivity contribution >= 4 is 11.6 Å². The van der Waals surface area contributed by atoms with E-state index in [9.17, 15) is 4.79 Å². The van der Waals surface area contributed by atoms with Gasteiger partial charge in [-0.25, -0.2) is 0 Å². The van der Waals surface area contributed by atoms with Gasteiger partial charge in [0.1, 0.15) is 13.2 Å². The largest absolute Gasteiger partial charge is 0.486 e. The van der Waals surface area contributed by atoms with Crippen molar-refractivity contribution in [1.82, 2.24) is 0 Å². The Labute approximate surface area is 113 Å². The maximum atomic E-state index is 12.2. The van der Waals surface area contributed by atoms with Crippen LogP contribution in [0.1, 0.15) is 31.2 Å². The second-order valence-corrected chi connectivity index (χ2v) is 5.28. The molecule has 0 atom stereocenters. The number of amides is 1. The highest BCUT2D eigenvalue weighted by atomic mass is 16.6. The summed E-state index contributed by atoms with van der Waals surface area (Å²) in [5.74, 6) is 1.80. The highest BCUT2D eigenvalue weighted by Gasteiger charge is 2.23. The molecule has 1 aromatic rings. The Morgan fingerprint density at radius 2 is 1.79 bits per heavy atom. The predicted octanol–water partition coefficient (Wildman–Crippen LogP) is 2.89. The second kappa shape index (κ2) is 5.11. The van der Waals surface area contributed by atoms with Gasteiger partial charge < -0.3 is 14.8 Å². The first-order valence-corrected chi connectivity index (χ1v) is 6.95. The molecule has 0 unspecified atom stereocenters. The van der Waals surface area contributed by atoms with Gasteiger partial charge in [0.05, 0.1) is 0 Å². The van der Waals surface area contributed by atoms with Crippen LogP contribution in [0.25, 0.3) is 0 Å². The molecule has 1 N–H and O–H groups in total. The molecule has 0 spiro atoms. The number of ether oxygens (including phenoxy) is 2. The summed E-state index contributed by atoms with van der Waals surface area (Å²) in [7, 11) is 0. The first-order chi connectivity index (χ1) is 9.24. The van der Waals surface area contributed by atoms with Crippen molar-refractivity contribution in [2.24, 2.45) is 5.92 Å². The fraction of sp³-hybridized carbons (Fsp3) is 0.533. The van der Waals surface area contributed by atoms with E-state index in [0.717, 1.165) is 48.4 Å². The molecule has 1 aliphatic heterocycles. The Hall–Kier alpha value is -1.71. The summed E-state index contributed by atoms with van der Waals surface area (Å²) in [5.41, 5.74) is 1.84. The van der Waals surface area contributed by atoms with Crippen molar-refractivity contribution < 1.29 is 14.3 Å². The number of fused-ring (bicyclic) bond motifs is 1. The van der Waals surface area contributed by atoms with E-state index in [1.807, 2.05) is 19.1 Å². The van der Waals surface area contributed by atoms with Crippen molar-refractivity contribution in [3.8, 4) is 11.5 Å².